The van der Waals surface area contributed by atoms with Crippen molar-refractivity contribution in [2.24, 2.45) is 0 Å². The van der Waals surface area contributed by atoms with Crippen molar-refractivity contribution >= 4 is 28.3 Å². The number of hydrogen-bond acceptors (Lipinski definition) is 4. The lowest BCUT2D eigenvalue weighted by molar-refractivity contribution is 0.471. The highest BCUT2D eigenvalue weighted by Crippen LogP contribution is 2.40. The lowest BCUT2D eigenvalue weighted by atomic mass is 9.92. The van der Waals surface area contributed by atoms with Gasteiger partial charge in [0.2, 0.25) is 0 Å². The first kappa shape index (κ1) is 18.3. The van der Waals surface area contributed by atoms with Gasteiger partial charge in [-0.2, -0.15) is 0 Å². The third kappa shape index (κ3) is 3.39. The molecule has 0 bridgehead atoms. The average molecular weight is 390 g/mol. The van der Waals surface area contributed by atoms with Crippen LogP contribution in [0.3, 0.4) is 0 Å². The van der Waals surface area contributed by atoms with Crippen LogP contribution in [0, 0.1) is 13.8 Å². The molecule has 4 nitrogen and oxygen atoms in total. The highest BCUT2D eigenvalue weighted by molar-refractivity contribution is 6.35. The second kappa shape index (κ2) is 7.49. The lowest BCUT2D eigenvalue weighted by Gasteiger charge is -2.24. The highest BCUT2D eigenvalue weighted by atomic mass is 35.5. The maximum Gasteiger partial charge on any atom is 0.147 e. The molecule has 4 rings (SSSR count). The molecule has 0 radical (unpaired) electrons. The van der Waals surface area contributed by atoms with Crippen LogP contribution in [0.1, 0.15) is 28.3 Å². The van der Waals surface area contributed by atoms with E-state index in [0.717, 1.165) is 22.1 Å². The number of nitrogens with one attached hydrogen (secondary N) is 1. The molecule has 4 aromatic rings. The molecule has 0 amide bonds. The van der Waals surface area contributed by atoms with Crippen molar-refractivity contribution in [1.29, 1.82) is 0 Å². The van der Waals surface area contributed by atoms with E-state index in [0.29, 0.717) is 21.9 Å². The molecule has 0 aliphatic carbocycles. The van der Waals surface area contributed by atoms with Gasteiger partial charge in [0.15, 0.2) is 0 Å². The Balaban J connectivity index is 1.94. The third-order valence-electron chi connectivity index (χ3n) is 4.86. The van der Waals surface area contributed by atoms with Crippen molar-refractivity contribution in [1.82, 2.24) is 9.97 Å². The second-order valence-electron chi connectivity index (χ2n) is 6.85. The number of benzene rings is 2. The van der Waals surface area contributed by atoms with E-state index in [1.807, 2.05) is 36.4 Å². The number of aromatic hydroxyl groups is 1. The lowest BCUT2D eigenvalue weighted by Crippen LogP contribution is -2.15. The van der Waals surface area contributed by atoms with Crippen molar-refractivity contribution in [3.8, 4) is 5.75 Å². The van der Waals surface area contributed by atoms with Crippen LogP contribution in [0.5, 0.6) is 5.75 Å². The topological polar surface area (TPSA) is 58.0 Å². The van der Waals surface area contributed by atoms with E-state index in [4.69, 9.17) is 11.6 Å². The Bertz CT molecular complexity index is 1150. The molecule has 2 aromatic carbocycles. The van der Waals surface area contributed by atoms with Crippen molar-refractivity contribution in [3.05, 3.63) is 94.3 Å². The monoisotopic (exact) mass is 389 g/mol. The first-order valence-corrected chi connectivity index (χ1v) is 9.43. The van der Waals surface area contributed by atoms with Gasteiger partial charge in [-0.1, -0.05) is 41.4 Å². The summed E-state index contributed by atoms with van der Waals surface area (Å²) in [6.45, 7) is 4.11. The summed E-state index contributed by atoms with van der Waals surface area (Å²) in [7, 11) is 0. The number of phenolic OH excluding ortho intramolecular Hbond substituents is 1. The van der Waals surface area contributed by atoms with E-state index in [-0.39, 0.29) is 11.8 Å². The van der Waals surface area contributed by atoms with Crippen LogP contribution in [-0.2, 0) is 0 Å². The number of phenols is 1. The Hall–Kier alpha value is -3.11. The molecular weight excluding hydrogens is 370 g/mol. The van der Waals surface area contributed by atoms with Crippen LogP contribution < -0.4 is 5.32 Å². The van der Waals surface area contributed by atoms with E-state index in [1.165, 1.54) is 0 Å². The number of aromatic nitrogens is 2. The van der Waals surface area contributed by atoms with Gasteiger partial charge in [0, 0.05) is 23.3 Å². The van der Waals surface area contributed by atoms with E-state index in [9.17, 15) is 5.11 Å². The van der Waals surface area contributed by atoms with Gasteiger partial charge < -0.3 is 10.4 Å². The summed E-state index contributed by atoms with van der Waals surface area (Å²) in [6, 6.07) is 17.1. The normalized spacial score (nSPS) is 12.1. The van der Waals surface area contributed by atoms with Crippen LogP contribution in [0.2, 0.25) is 5.02 Å². The Morgan fingerprint density at radius 2 is 1.75 bits per heavy atom. The third-order valence-corrected chi connectivity index (χ3v) is 5.17. The number of nitrogens with zero attached hydrogens (tertiary/aromatic N) is 2. The fraction of sp³-hybridized carbons (Fsp3) is 0.130. The smallest absolute Gasteiger partial charge is 0.147 e. The maximum atomic E-state index is 11.1. The van der Waals surface area contributed by atoms with E-state index < -0.39 is 0 Å². The number of rotatable bonds is 4. The first-order chi connectivity index (χ1) is 13.5. The molecular formula is C23H20ClN3O. The van der Waals surface area contributed by atoms with Gasteiger partial charge in [0.1, 0.15) is 17.1 Å². The predicted molar refractivity (Wildman–Crippen MR) is 114 cm³/mol. The predicted octanol–water partition coefficient (Wildman–Crippen LogP) is 5.81. The zero-order valence-corrected chi connectivity index (χ0v) is 16.4. The molecule has 2 N–H and O–H groups in total. The number of halogens is 1. The first-order valence-electron chi connectivity index (χ1n) is 9.05. The molecule has 2 heterocycles. The summed E-state index contributed by atoms with van der Waals surface area (Å²) in [5.74, 6) is 0.833. The number of fused-ring (bicyclic) bond motifs is 1. The number of hydrogen-bond donors (Lipinski definition) is 2. The molecule has 0 spiro atoms. The molecule has 28 heavy (non-hydrogen) atoms. The SMILES string of the molecule is Cc1ccc(C)c([C@H](Nc2ccccn2)c2cc(Cl)c3cccnc3c2O)c1. The van der Waals surface area contributed by atoms with Gasteiger partial charge in [0.25, 0.3) is 0 Å². The summed E-state index contributed by atoms with van der Waals surface area (Å²) in [4.78, 5) is 8.74. The standard InChI is InChI=1S/C23H20ClN3O/c1-14-8-9-15(2)17(12-14)21(27-20-7-3-4-10-25-20)18-13-19(24)16-6-5-11-26-22(16)23(18)28/h3-13,21,28H,1-2H3,(H,25,27)/t21-/m0/s1. The molecule has 2 aromatic heterocycles. The van der Waals surface area contributed by atoms with Gasteiger partial charge in [-0.25, -0.2) is 4.98 Å². The van der Waals surface area contributed by atoms with Crippen LogP contribution in [0.15, 0.2) is 67.0 Å². The fourth-order valence-corrected chi connectivity index (χ4v) is 3.69. The minimum Gasteiger partial charge on any atom is -0.505 e. The van der Waals surface area contributed by atoms with Gasteiger partial charge in [-0.3, -0.25) is 4.98 Å². The maximum absolute atomic E-state index is 11.1. The second-order valence-corrected chi connectivity index (χ2v) is 7.26. The van der Waals surface area contributed by atoms with Crippen LogP contribution >= 0.6 is 11.6 Å². The fourth-order valence-electron chi connectivity index (χ4n) is 3.42. The minimum atomic E-state index is -0.335. The molecule has 140 valence electrons. The Labute approximate surface area is 168 Å². The van der Waals surface area contributed by atoms with Crippen molar-refractivity contribution in [3.63, 3.8) is 0 Å². The van der Waals surface area contributed by atoms with Crippen molar-refractivity contribution in [2.45, 2.75) is 19.9 Å². The van der Waals surface area contributed by atoms with Crippen molar-refractivity contribution in [2.75, 3.05) is 5.32 Å². The highest BCUT2D eigenvalue weighted by Gasteiger charge is 2.23. The number of anilines is 1. The molecule has 0 aliphatic heterocycles. The van der Waals surface area contributed by atoms with Crippen LogP contribution in [0.25, 0.3) is 10.9 Å². The van der Waals surface area contributed by atoms with E-state index in [2.05, 4.69) is 47.3 Å². The molecule has 0 saturated carbocycles. The van der Waals surface area contributed by atoms with Crippen molar-refractivity contribution < 1.29 is 5.11 Å². The number of pyridine rings is 2. The largest absolute Gasteiger partial charge is 0.505 e. The molecule has 1 atom stereocenters. The minimum absolute atomic E-state index is 0.120. The van der Waals surface area contributed by atoms with Gasteiger partial charge in [-0.05, 0) is 55.3 Å². The summed E-state index contributed by atoms with van der Waals surface area (Å²) in [5, 5.41) is 15.8. The average Bonchev–Trinajstić information content (AvgIpc) is 2.72. The van der Waals surface area contributed by atoms with Gasteiger partial charge in [0.05, 0.1) is 11.1 Å². The quantitative estimate of drug-likeness (QED) is 0.462. The zero-order chi connectivity index (χ0) is 19.7. The van der Waals surface area contributed by atoms with E-state index >= 15 is 0 Å². The zero-order valence-electron chi connectivity index (χ0n) is 15.6. The summed E-state index contributed by atoms with van der Waals surface area (Å²) < 4.78 is 0. The Morgan fingerprint density at radius 1 is 0.929 bits per heavy atom. The molecule has 0 aliphatic rings. The summed E-state index contributed by atoms with van der Waals surface area (Å²) >= 11 is 6.55. The summed E-state index contributed by atoms with van der Waals surface area (Å²) in [6.07, 6.45) is 3.39. The Morgan fingerprint density at radius 3 is 2.54 bits per heavy atom. The van der Waals surface area contributed by atoms with Crippen LogP contribution in [0.4, 0.5) is 5.82 Å². The summed E-state index contributed by atoms with van der Waals surface area (Å²) in [5.41, 5.74) is 4.44. The molecule has 0 unspecified atom stereocenters. The molecule has 5 heteroatoms. The van der Waals surface area contributed by atoms with E-state index in [1.54, 1.807) is 12.4 Å². The Kier molecular flexibility index (Phi) is 4.88. The van der Waals surface area contributed by atoms with Crippen LogP contribution in [-0.4, -0.2) is 15.1 Å². The number of aryl methyl sites for hydroxylation is 2. The molecule has 0 saturated heterocycles. The molecule has 0 fully saturated rings. The van der Waals surface area contributed by atoms with Gasteiger partial charge in [-0.15, -0.1) is 0 Å². The van der Waals surface area contributed by atoms with Gasteiger partial charge >= 0.3 is 0 Å².